The first-order valence-corrected chi connectivity index (χ1v) is 6.73. The van der Waals surface area contributed by atoms with Gasteiger partial charge in [0.25, 0.3) is 0 Å². The summed E-state index contributed by atoms with van der Waals surface area (Å²) in [6, 6.07) is 3.38. The van der Waals surface area contributed by atoms with Gasteiger partial charge in [-0.1, -0.05) is 6.92 Å². The second-order valence-electron chi connectivity index (χ2n) is 5.04. The summed E-state index contributed by atoms with van der Waals surface area (Å²) in [5.74, 6) is -1.68. The van der Waals surface area contributed by atoms with Crippen molar-refractivity contribution >= 4 is 11.6 Å². The molecule has 1 atom stereocenters. The number of alkyl halides is 2. The number of nitrogens with one attached hydrogen (secondary N) is 2. The van der Waals surface area contributed by atoms with Gasteiger partial charge in [0.05, 0.1) is 5.41 Å². The summed E-state index contributed by atoms with van der Waals surface area (Å²) < 4.78 is 41.7. The molecule has 4 nitrogen and oxygen atoms in total. The molecule has 2 N–H and O–H groups in total. The number of amides is 1. The molecule has 1 aromatic rings. The van der Waals surface area contributed by atoms with E-state index in [0.29, 0.717) is 19.4 Å². The summed E-state index contributed by atoms with van der Waals surface area (Å²) in [6.45, 7) is 0.168. The fourth-order valence-electron chi connectivity index (χ4n) is 2.43. The lowest BCUT2D eigenvalue weighted by Crippen LogP contribution is -2.37. The Bertz CT molecular complexity index is 517. The van der Waals surface area contributed by atoms with Crippen molar-refractivity contribution in [3.05, 3.63) is 24.0 Å². The summed E-state index contributed by atoms with van der Waals surface area (Å²) in [7, 11) is 0. The van der Waals surface area contributed by atoms with Gasteiger partial charge in [0.2, 0.25) is 5.91 Å². The molecule has 1 amide bonds. The quantitative estimate of drug-likeness (QED) is 0.879. The number of anilines is 1. The minimum atomic E-state index is -3.09. The number of rotatable bonds is 5. The molecule has 1 aliphatic rings. The van der Waals surface area contributed by atoms with Crippen LogP contribution in [0.4, 0.5) is 18.9 Å². The van der Waals surface area contributed by atoms with Crippen LogP contribution in [0.2, 0.25) is 0 Å². The van der Waals surface area contributed by atoms with Crippen LogP contribution in [0, 0.1) is 11.2 Å². The number of ether oxygens (including phenoxy) is 1. The standard InChI is InChI=1S/C14H17F3N2O2/c1-2-14(5-6-18-8-14)12(20)19-9-3-4-11(10(15)7-9)21-13(16)17/h3-4,7,13,18H,2,5-6,8H2,1H3,(H,19,20). The number of hydrogen-bond acceptors (Lipinski definition) is 3. The van der Waals surface area contributed by atoms with Crippen molar-refractivity contribution < 1.29 is 22.7 Å². The Balaban J connectivity index is 2.09. The van der Waals surface area contributed by atoms with Gasteiger partial charge < -0.3 is 15.4 Å². The predicted molar refractivity (Wildman–Crippen MR) is 71.9 cm³/mol. The summed E-state index contributed by atoms with van der Waals surface area (Å²) in [4.78, 5) is 12.3. The van der Waals surface area contributed by atoms with Crippen molar-refractivity contribution in [2.45, 2.75) is 26.4 Å². The van der Waals surface area contributed by atoms with Crippen LogP contribution in [-0.4, -0.2) is 25.6 Å². The third kappa shape index (κ3) is 3.47. The van der Waals surface area contributed by atoms with Crippen LogP contribution in [0.3, 0.4) is 0 Å². The van der Waals surface area contributed by atoms with E-state index >= 15 is 0 Å². The van der Waals surface area contributed by atoms with E-state index in [-0.39, 0.29) is 11.6 Å². The van der Waals surface area contributed by atoms with Crippen molar-refractivity contribution in [1.29, 1.82) is 0 Å². The number of carbonyl (C=O) groups excluding carboxylic acids is 1. The van der Waals surface area contributed by atoms with Crippen molar-refractivity contribution in [2.24, 2.45) is 5.41 Å². The van der Waals surface area contributed by atoms with Crippen LogP contribution < -0.4 is 15.4 Å². The minimum absolute atomic E-state index is 0.197. The van der Waals surface area contributed by atoms with E-state index in [4.69, 9.17) is 0 Å². The Morgan fingerprint density at radius 2 is 2.29 bits per heavy atom. The SMILES string of the molecule is CCC1(C(=O)Nc2ccc(OC(F)F)c(F)c2)CCNC1. The fourth-order valence-corrected chi connectivity index (χ4v) is 2.43. The molecular formula is C14H17F3N2O2. The Morgan fingerprint density at radius 1 is 1.52 bits per heavy atom. The maximum atomic E-state index is 13.6. The zero-order valence-corrected chi connectivity index (χ0v) is 11.6. The van der Waals surface area contributed by atoms with Crippen LogP contribution in [0.1, 0.15) is 19.8 Å². The largest absolute Gasteiger partial charge is 0.432 e. The van der Waals surface area contributed by atoms with Crippen molar-refractivity contribution in [3.8, 4) is 5.75 Å². The highest BCUT2D eigenvalue weighted by Crippen LogP contribution is 2.31. The zero-order chi connectivity index (χ0) is 15.5. The van der Waals surface area contributed by atoms with Crippen LogP contribution in [-0.2, 0) is 4.79 Å². The molecule has 0 aromatic heterocycles. The molecule has 1 heterocycles. The predicted octanol–water partition coefficient (Wildman–Crippen LogP) is 2.76. The molecule has 1 aliphatic heterocycles. The summed E-state index contributed by atoms with van der Waals surface area (Å²) in [6.07, 6.45) is 1.38. The van der Waals surface area contributed by atoms with Gasteiger partial charge in [-0.3, -0.25) is 4.79 Å². The van der Waals surface area contributed by atoms with E-state index < -0.39 is 23.6 Å². The smallest absolute Gasteiger partial charge is 0.387 e. The highest BCUT2D eigenvalue weighted by molar-refractivity contribution is 5.95. The molecular weight excluding hydrogens is 285 g/mol. The normalized spacial score (nSPS) is 21.6. The molecule has 0 radical (unpaired) electrons. The molecule has 2 rings (SSSR count). The maximum absolute atomic E-state index is 13.6. The Morgan fingerprint density at radius 3 is 2.81 bits per heavy atom. The van der Waals surface area contributed by atoms with E-state index in [9.17, 15) is 18.0 Å². The number of carbonyl (C=O) groups is 1. The molecule has 0 bridgehead atoms. The van der Waals surface area contributed by atoms with Gasteiger partial charge in [-0.2, -0.15) is 8.78 Å². The van der Waals surface area contributed by atoms with Crippen molar-refractivity contribution in [2.75, 3.05) is 18.4 Å². The molecule has 116 valence electrons. The van der Waals surface area contributed by atoms with Crippen LogP contribution in [0.15, 0.2) is 18.2 Å². The highest BCUT2D eigenvalue weighted by atomic mass is 19.3. The first kappa shape index (κ1) is 15.6. The van der Waals surface area contributed by atoms with Crippen molar-refractivity contribution in [1.82, 2.24) is 5.32 Å². The third-order valence-corrected chi connectivity index (χ3v) is 3.81. The van der Waals surface area contributed by atoms with Crippen molar-refractivity contribution in [3.63, 3.8) is 0 Å². The van der Waals surface area contributed by atoms with E-state index in [2.05, 4.69) is 15.4 Å². The van der Waals surface area contributed by atoms with Crippen LogP contribution in [0.25, 0.3) is 0 Å². The lowest BCUT2D eigenvalue weighted by molar-refractivity contribution is -0.124. The number of hydrogen-bond donors (Lipinski definition) is 2. The lowest BCUT2D eigenvalue weighted by atomic mass is 9.83. The van der Waals surface area contributed by atoms with Gasteiger partial charge in [-0.25, -0.2) is 4.39 Å². The monoisotopic (exact) mass is 302 g/mol. The third-order valence-electron chi connectivity index (χ3n) is 3.81. The van der Waals surface area contributed by atoms with E-state index in [0.717, 1.165) is 18.7 Å². The first-order chi connectivity index (χ1) is 9.97. The van der Waals surface area contributed by atoms with E-state index in [1.165, 1.54) is 6.07 Å². The molecule has 0 aliphatic carbocycles. The second kappa shape index (κ2) is 6.34. The molecule has 1 saturated heterocycles. The molecule has 0 spiro atoms. The lowest BCUT2D eigenvalue weighted by Gasteiger charge is -2.25. The molecule has 7 heteroatoms. The van der Waals surface area contributed by atoms with Gasteiger partial charge in [0, 0.05) is 18.3 Å². The second-order valence-corrected chi connectivity index (χ2v) is 5.04. The summed E-state index contributed by atoms with van der Waals surface area (Å²) in [5.41, 5.74) is -0.284. The molecule has 0 saturated carbocycles. The summed E-state index contributed by atoms with van der Waals surface area (Å²) in [5, 5.41) is 5.77. The van der Waals surface area contributed by atoms with Crippen LogP contribution >= 0.6 is 0 Å². The molecule has 1 aromatic carbocycles. The minimum Gasteiger partial charge on any atom is -0.432 e. The van der Waals surface area contributed by atoms with E-state index in [1.54, 1.807) is 0 Å². The zero-order valence-electron chi connectivity index (χ0n) is 11.6. The van der Waals surface area contributed by atoms with Gasteiger partial charge in [0.1, 0.15) is 0 Å². The Hall–Kier alpha value is -1.76. The highest BCUT2D eigenvalue weighted by Gasteiger charge is 2.39. The molecule has 1 fully saturated rings. The summed E-state index contributed by atoms with van der Waals surface area (Å²) >= 11 is 0. The van der Waals surface area contributed by atoms with Gasteiger partial charge in [-0.05, 0) is 31.5 Å². The van der Waals surface area contributed by atoms with Crippen LogP contribution in [0.5, 0.6) is 5.75 Å². The topological polar surface area (TPSA) is 50.4 Å². The number of benzene rings is 1. The van der Waals surface area contributed by atoms with Gasteiger partial charge in [0.15, 0.2) is 11.6 Å². The first-order valence-electron chi connectivity index (χ1n) is 6.73. The average Bonchev–Trinajstić information content (AvgIpc) is 2.91. The van der Waals surface area contributed by atoms with Gasteiger partial charge >= 0.3 is 6.61 Å². The van der Waals surface area contributed by atoms with Gasteiger partial charge in [-0.15, -0.1) is 0 Å². The van der Waals surface area contributed by atoms with E-state index in [1.807, 2.05) is 6.92 Å². The maximum Gasteiger partial charge on any atom is 0.387 e. The number of halogens is 3. The molecule has 1 unspecified atom stereocenters. The fraction of sp³-hybridized carbons (Fsp3) is 0.500. The average molecular weight is 302 g/mol. The Labute approximate surface area is 120 Å². The molecule has 21 heavy (non-hydrogen) atoms. The Kier molecular flexibility index (Phi) is 4.72.